The molecule has 0 radical (unpaired) electrons. The fraction of sp³-hybridized carbons (Fsp3) is 0.192. The van der Waals surface area contributed by atoms with Crippen molar-refractivity contribution in [3.05, 3.63) is 95.0 Å². The van der Waals surface area contributed by atoms with Crippen LogP contribution in [0.4, 0.5) is 14.6 Å². The number of amides is 1. The van der Waals surface area contributed by atoms with Crippen molar-refractivity contribution in [2.24, 2.45) is 0 Å². The molecule has 8 nitrogen and oxygen atoms in total. The van der Waals surface area contributed by atoms with E-state index in [0.29, 0.717) is 43.1 Å². The lowest BCUT2D eigenvalue weighted by Gasteiger charge is -2.35. The molecule has 0 N–H and O–H groups in total. The Morgan fingerprint density at radius 2 is 1.39 bits per heavy atom. The predicted octanol–water partition coefficient (Wildman–Crippen LogP) is 2.99. The Balaban J connectivity index is 1.23. The number of piperazine rings is 1. The topological polar surface area (TPSA) is 84.2 Å². The van der Waals surface area contributed by atoms with Crippen molar-refractivity contribution in [3.8, 4) is 22.5 Å². The highest BCUT2D eigenvalue weighted by atomic mass is 19.1. The van der Waals surface area contributed by atoms with Crippen LogP contribution in [0, 0.1) is 11.6 Å². The maximum atomic E-state index is 13.2. The van der Waals surface area contributed by atoms with Gasteiger partial charge in [0.2, 0.25) is 5.91 Å². The van der Waals surface area contributed by atoms with E-state index in [0.717, 1.165) is 16.1 Å². The van der Waals surface area contributed by atoms with Crippen LogP contribution in [0.1, 0.15) is 0 Å². The summed E-state index contributed by atoms with van der Waals surface area (Å²) in [6.07, 6.45) is 1.47. The molecule has 10 heteroatoms. The average molecular weight is 488 g/mol. The van der Waals surface area contributed by atoms with E-state index in [1.165, 1.54) is 36.7 Å². The molecule has 182 valence electrons. The maximum Gasteiger partial charge on any atom is 0.267 e. The monoisotopic (exact) mass is 488 g/mol. The lowest BCUT2D eigenvalue weighted by molar-refractivity contribution is -0.132. The van der Waals surface area contributed by atoms with Crippen LogP contribution >= 0.6 is 0 Å². The minimum Gasteiger partial charge on any atom is -0.353 e. The Morgan fingerprint density at radius 1 is 0.778 bits per heavy atom. The third kappa shape index (κ3) is 5.12. The molecule has 0 aliphatic carbocycles. The zero-order valence-corrected chi connectivity index (χ0v) is 19.2. The molecule has 1 saturated heterocycles. The molecule has 1 aliphatic heterocycles. The number of halogens is 2. The van der Waals surface area contributed by atoms with Crippen LogP contribution < -0.4 is 10.5 Å². The summed E-state index contributed by atoms with van der Waals surface area (Å²) in [5.74, 6) is -0.167. The highest BCUT2D eigenvalue weighted by Gasteiger charge is 2.23. The second kappa shape index (κ2) is 10.0. The first-order chi connectivity index (χ1) is 17.5. The Morgan fingerprint density at radius 3 is 2.03 bits per heavy atom. The van der Waals surface area contributed by atoms with Gasteiger partial charge in [0, 0.05) is 49.4 Å². The summed E-state index contributed by atoms with van der Waals surface area (Å²) in [6.45, 7) is 1.85. The van der Waals surface area contributed by atoms with Gasteiger partial charge in [-0.1, -0.05) is 0 Å². The van der Waals surface area contributed by atoms with Crippen LogP contribution in [0.5, 0.6) is 0 Å². The molecule has 0 spiro atoms. The molecule has 5 rings (SSSR count). The molecule has 2 aromatic heterocycles. The van der Waals surface area contributed by atoms with E-state index in [2.05, 4.69) is 20.0 Å². The van der Waals surface area contributed by atoms with Gasteiger partial charge in [-0.05, 0) is 54.6 Å². The van der Waals surface area contributed by atoms with E-state index >= 15 is 0 Å². The van der Waals surface area contributed by atoms with E-state index < -0.39 is 0 Å². The number of nitrogens with zero attached hydrogens (tertiary/aromatic N) is 6. The van der Waals surface area contributed by atoms with Crippen LogP contribution in [0.2, 0.25) is 0 Å². The molecule has 36 heavy (non-hydrogen) atoms. The number of carbonyl (C=O) groups excluding carboxylic acids is 1. The summed E-state index contributed by atoms with van der Waals surface area (Å²) < 4.78 is 27.6. The van der Waals surface area contributed by atoms with Gasteiger partial charge in [0.05, 0.1) is 11.4 Å². The van der Waals surface area contributed by atoms with E-state index in [9.17, 15) is 18.4 Å². The van der Waals surface area contributed by atoms with Crippen LogP contribution in [0.25, 0.3) is 22.5 Å². The Bertz CT molecular complexity index is 1430. The van der Waals surface area contributed by atoms with Crippen LogP contribution in [-0.2, 0) is 11.3 Å². The molecule has 1 amide bonds. The lowest BCUT2D eigenvalue weighted by atomic mass is 10.1. The van der Waals surface area contributed by atoms with Crippen molar-refractivity contribution in [2.75, 3.05) is 31.1 Å². The van der Waals surface area contributed by atoms with Crippen molar-refractivity contribution in [3.63, 3.8) is 0 Å². The van der Waals surface area contributed by atoms with E-state index in [4.69, 9.17) is 0 Å². The standard InChI is InChI=1S/C26H22F2N6O2/c27-20-5-1-18(2-6-20)22-9-10-25(35)34(31-22)16-26(36)33-13-11-32(12-14-33)24-15-23(29-17-30-24)19-3-7-21(28)8-4-19/h1-10,15,17H,11-14,16H2. The smallest absolute Gasteiger partial charge is 0.267 e. The quantitative estimate of drug-likeness (QED) is 0.430. The highest BCUT2D eigenvalue weighted by molar-refractivity contribution is 5.76. The van der Waals surface area contributed by atoms with Gasteiger partial charge in [0.1, 0.15) is 30.3 Å². The van der Waals surface area contributed by atoms with Gasteiger partial charge in [-0.2, -0.15) is 5.10 Å². The Kier molecular flexibility index (Phi) is 6.48. The highest BCUT2D eigenvalue weighted by Crippen LogP contribution is 2.22. The Labute approximate surface area is 205 Å². The van der Waals surface area contributed by atoms with E-state index in [1.807, 2.05) is 6.07 Å². The maximum absolute atomic E-state index is 13.2. The van der Waals surface area contributed by atoms with E-state index in [1.54, 1.807) is 35.2 Å². The number of aromatic nitrogens is 4. The number of hydrogen-bond acceptors (Lipinski definition) is 6. The Hall–Kier alpha value is -4.47. The molecule has 0 atom stereocenters. The number of hydrogen-bond donors (Lipinski definition) is 0. The molecular weight excluding hydrogens is 466 g/mol. The van der Waals surface area contributed by atoms with Crippen molar-refractivity contribution in [1.82, 2.24) is 24.6 Å². The number of anilines is 1. The van der Waals surface area contributed by atoms with Crippen molar-refractivity contribution in [1.29, 1.82) is 0 Å². The van der Waals surface area contributed by atoms with Gasteiger partial charge in [-0.15, -0.1) is 0 Å². The van der Waals surface area contributed by atoms with Crippen molar-refractivity contribution < 1.29 is 13.6 Å². The number of benzene rings is 2. The summed E-state index contributed by atoms with van der Waals surface area (Å²) >= 11 is 0. The lowest BCUT2D eigenvalue weighted by Crippen LogP contribution is -2.50. The van der Waals surface area contributed by atoms with Gasteiger partial charge in [0.15, 0.2) is 0 Å². The third-order valence-corrected chi connectivity index (χ3v) is 6.04. The van der Waals surface area contributed by atoms with Crippen molar-refractivity contribution >= 4 is 11.7 Å². The van der Waals surface area contributed by atoms with Crippen LogP contribution in [0.15, 0.2) is 77.9 Å². The van der Waals surface area contributed by atoms with Gasteiger partial charge < -0.3 is 9.80 Å². The first kappa shape index (κ1) is 23.3. The first-order valence-electron chi connectivity index (χ1n) is 11.4. The SMILES string of the molecule is O=C(Cn1nc(-c2ccc(F)cc2)ccc1=O)N1CCN(c2cc(-c3ccc(F)cc3)ncn2)CC1. The molecule has 1 aliphatic rings. The van der Waals surface area contributed by atoms with Gasteiger partial charge in [-0.3, -0.25) is 9.59 Å². The summed E-state index contributed by atoms with van der Waals surface area (Å²) in [5.41, 5.74) is 2.21. The molecule has 0 bridgehead atoms. The van der Waals surface area contributed by atoms with Crippen LogP contribution in [-0.4, -0.2) is 56.7 Å². The normalized spacial score (nSPS) is 13.6. The van der Waals surface area contributed by atoms with Gasteiger partial charge in [0.25, 0.3) is 5.56 Å². The second-order valence-corrected chi connectivity index (χ2v) is 8.36. The summed E-state index contributed by atoms with van der Waals surface area (Å²) in [4.78, 5) is 37.6. The van der Waals surface area contributed by atoms with Crippen LogP contribution in [0.3, 0.4) is 0 Å². The third-order valence-electron chi connectivity index (χ3n) is 6.04. The second-order valence-electron chi connectivity index (χ2n) is 8.36. The molecule has 0 saturated carbocycles. The molecule has 3 heterocycles. The largest absolute Gasteiger partial charge is 0.353 e. The summed E-state index contributed by atoms with van der Waals surface area (Å²) in [5, 5.41) is 4.30. The number of carbonyl (C=O) groups is 1. The van der Waals surface area contributed by atoms with Crippen molar-refractivity contribution in [2.45, 2.75) is 6.54 Å². The predicted molar refractivity (Wildman–Crippen MR) is 130 cm³/mol. The summed E-state index contributed by atoms with van der Waals surface area (Å²) in [6, 6.07) is 16.6. The minimum absolute atomic E-state index is 0.184. The molecule has 0 unspecified atom stereocenters. The molecule has 2 aromatic carbocycles. The van der Waals surface area contributed by atoms with E-state index in [-0.39, 0.29) is 29.6 Å². The zero-order chi connectivity index (χ0) is 25.1. The average Bonchev–Trinajstić information content (AvgIpc) is 2.91. The van der Waals surface area contributed by atoms with Gasteiger partial charge in [-0.25, -0.2) is 23.4 Å². The first-order valence-corrected chi connectivity index (χ1v) is 11.4. The molecule has 4 aromatic rings. The fourth-order valence-electron chi connectivity index (χ4n) is 4.05. The minimum atomic E-state index is -0.387. The fourth-order valence-corrected chi connectivity index (χ4v) is 4.05. The zero-order valence-electron chi connectivity index (χ0n) is 19.2. The summed E-state index contributed by atoms with van der Waals surface area (Å²) in [7, 11) is 0. The molecular formula is C26H22F2N6O2. The van der Waals surface area contributed by atoms with Gasteiger partial charge >= 0.3 is 0 Å². The number of rotatable bonds is 5. The molecule has 1 fully saturated rings.